The van der Waals surface area contributed by atoms with Crippen molar-refractivity contribution in [3.63, 3.8) is 0 Å². The van der Waals surface area contributed by atoms with E-state index in [0.29, 0.717) is 4.99 Å². The Balaban J connectivity index is 2.85. The number of aromatic nitrogens is 1. The second kappa shape index (κ2) is 3.59. The lowest BCUT2D eigenvalue weighted by atomic mass is 10.0. The molecule has 0 unspecified atom stereocenters. The molecule has 0 aliphatic carbocycles. The number of nitrogens with two attached hydrogens (primary N) is 1. The van der Waals surface area contributed by atoms with Crippen LogP contribution in [0.2, 0.25) is 0 Å². The van der Waals surface area contributed by atoms with Crippen molar-refractivity contribution in [1.29, 1.82) is 0 Å². The molecule has 0 atom stereocenters. The number of rotatable bonds is 1. The predicted molar refractivity (Wildman–Crippen MR) is 67.1 cm³/mol. The van der Waals surface area contributed by atoms with Gasteiger partial charge in [0, 0.05) is 17.1 Å². The molecule has 0 bridgehead atoms. The van der Waals surface area contributed by atoms with Crippen molar-refractivity contribution in [2.24, 2.45) is 5.73 Å². The van der Waals surface area contributed by atoms with Crippen LogP contribution in [0.15, 0.2) is 24.4 Å². The second-order valence-corrected chi connectivity index (χ2v) is 4.12. The van der Waals surface area contributed by atoms with Gasteiger partial charge in [-0.3, -0.25) is 4.98 Å². The standard InChI is InChI=1S/C12H12N2S/c1-7-3-4-14-11-8(2)5-9(12(13)15)6-10(7)11/h3-6H,1-2H3,(H2,13,15). The Morgan fingerprint density at radius 3 is 2.67 bits per heavy atom. The topological polar surface area (TPSA) is 38.9 Å². The lowest BCUT2D eigenvalue weighted by Gasteiger charge is -2.07. The molecule has 0 saturated heterocycles. The highest BCUT2D eigenvalue weighted by atomic mass is 32.1. The number of nitrogens with zero attached hydrogens (tertiary/aromatic N) is 1. The number of pyridine rings is 1. The van der Waals surface area contributed by atoms with Crippen LogP contribution in [0.1, 0.15) is 16.7 Å². The van der Waals surface area contributed by atoms with Gasteiger partial charge in [0.05, 0.1) is 5.52 Å². The van der Waals surface area contributed by atoms with Gasteiger partial charge in [-0.1, -0.05) is 12.2 Å². The van der Waals surface area contributed by atoms with E-state index in [1.807, 2.05) is 31.3 Å². The van der Waals surface area contributed by atoms with Gasteiger partial charge in [-0.2, -0.15) is 0 Å². The van der Waals surface area contributed by atoms with E-state index in [9.17, 15) is 0 Å². The Labute approximate surface area is 94.1 Å². The van der Waals surface area contributed by atoms with Crippen molar-refractivity contribution >= 4 is 28.1 Å². The maximum Gasteiger partial charge on any atom is 0.104 e. The summed E-state index contributed by atoms with van der Waals surface area (Å²) in [5, 5.41) is 1.13. The number of thiocarbonyl (C=S) groups is 1. The first-order valence-electron chi connectivity index (χ1n) is 4.75. The number of aryl methyl sites for hydroxylation is 2. The van der Waals surface area contributed by atoms with Crippen LogP contribution >= 0.6 is 12.2 Å². The van der Waals surface area contributed by atoms with Gasteiger partial charge in [0.1, 0.15) is 4.99 Å². The first-order chi connectivity index (χ1) is 7.09. The monoisotopic (exact) mass is 216 g/mol. The van der Waals surface area contributed by atoms with Gasteiger partial charge in [0.15, 0.2) is 0 Å². The molecule has 0 spiro atoms. The normalized spacial score (nSPS) is 10.5. The third kappa shape index (κ3) is 1.70. The molecule has 3 heteroatoms. The van der Waals surface area contributed by atoms with Gasteiger partial charge in [-0.15, -0.1) is 0 Å². The molecule has 0 aliphatic rings. The van der Waals surface area contributed by atoms with Crippen LogP contribution in [0.25, 0.3) is 10.9 Å². The van der Waals surface area contributed by atoms with Crippen molar-refractivity contribution in [3.8, 4) is 0 Å². The molecule has 0 amide bonds. The molecule has 0 aliphatic heterocycles. The van der Waals surface area contributed by atoms with Crippen LogP contribution in [0, 0.1) is 13.8 Å². The minimum absolute atomic E-state index is 0.434. The summed E-state index contributed by atoms with van der Waals surface area (Å²) in [6, 6.07) is 5.98. The fourth-order valence-corrected chi connectivity index (χ4v) is 1.83. The highest BCUT2D eigenvalue weighted by Gasteiger charge is 2.05. The van der Waals surface area contributed by atoms with Gasteiger partial charge < -0.3 is 5.73 Å². The molecular formula is C12H12N2S. The van der Waals surface area contributed by atoms with Gasteiger partial charge in [0.25, 0.3) is 0 Å². The van der Waals surface area contributed by atoms with E-state index >= 15 is 0 Å². The fourth-order valence-electron chi connectivity index (χ4n) is 1.71. The van der Waals surface area contributed by atoms with Crippen LogP contribution in [-0.4, -0.2) is 9.97 Å². The van der Waals surface area contributed by atoms with Crippen LogP contribution < -0.4 is 5.73 Å². The Bertz CT molecular complexity index is 547. The zero-order valence-corrected chi connectivity index (χ0v) is 9.56. The van der Waals surface area contributed by atoms with Crippen LogP contribution in [-0.2, 0) is 0 Å². The second-order valence-electron chi connectivity index (χ2n) is 3.68. The Morgan fingerprint density at radius 2 is 2.00 bits per heavy atom. The molecule has 0 radical (unpaired) electrons. The van der Waals surface area contributed by atoms with E-state index in [1.165, 1.54) is 5.56 Å². The van der Waals surface area contributed by atoms with Gasteiger partial charge in [-0.25, -0.2) is 0 Å². The average Bonchev–Trinajstić information content (AvgIpc) is 2.19. The molecule has 0 saturated carbocycles. The van der Waals surface area contributed by atoms with Crippen LogP contribution in [0.5, 0.6) is 0 Å². The van der Waals surface area contributed by atoms with E-state index in [1.54, 1.807) is 0 Å². The molecule has 2 rings (SSSR count). The van der Waals surface area contributed by atoms with Crippen molar-refractivity contribution in [1.82, 2.24) is 4.98 Å². The summed E-state index contributed by atoms with van der Waals surface area (Å²) < 4.78 is 0. The first kappa shape index (κ1) is 10.1. The zero-order valence-electron chi connectivity index (χ0n) is 8.74. The van der Waals surface area contributed by atoms with Crippen LogP contribution in [0.3, 0.4) is 0 Å². The number of hydrogen-bond donors (Lipinski definition) is 1. The van der Waals surface area contributed by atoms with E-state index in [-0.39, 0.29) is 0 Å². The Morgan fingerprint density at radius 1 is 1.27 bits per heavy atom. The van der Waals surface area contributed by atoms with Gasteiger partial charge in [0.2, 0.25) is 0 Å². The van der Waals surface area contributed by atoms with Crippen molar-refractivity contribution < 1.29 is 0 Å². The Kier molecular flexibility index (Phi) is 2.40. The highest BCUT2D eigenvalue weighted by Crippen LogP contribution is 2.21. The maximum atomic E-state index is 5.63. The minimum Gasteiger partial charge on any atom is -0.389 e. The first-order valence-corrected chi connectivity index (χ1v) is 5.16. The molecular weight excluding hydrogens is 204 g/mol. The summed E-state index contributed by atoms with van der Waals surface area (Å²) in [5.41, 5.74) is 9.87. The molecule has 0 fully saturated rings. The summed E-state index contributed by atoms with van der Waals surface area (Å²) in [4.78, 5) is 4.79. The number of fused-ring (bicyclic) bond motifs is 1. The molecule has 15 heavy (non-hydrogen) atoms. The summed E-state index contributed by atoms with van der Waals surface area (Å²) in [6.07, 6.45) is 1.82. The molecule has 1 heterocycles. The lowest BCUT2D eigenvalue weighted by Crippen LogP contribution is -2.09. The average molecular weight is 216 g/mol. The van der Waals surface area contributed by atoms with Crippen molar-refractivity contribution in [2.75, 3.05) is 0 Å². The number of hydrogen-bond acceptors (Lipinski definition) is 2. The van der Waals surface area contributed by atoms with Gasteiger partial charge >= 0.3 is 0 Å². The van der Waals surface area contributed by atoms with Gasteiger partial charge in [-0.05, 0) is 43.2 Å². The molecule has 1 aromatic heterocycles. The number of benzene rings is 1. The maximum absolute atomic E-state index is 5.63. The Hall–Kier alpha value is -1.48. The molecule has 2 aromatic rings. The third-order valence-corrected chi connectivity index (χ3v) is 2.77. The van der Waals surface area contributed by atoms with E-state index < -0.39 is 0 Å². The van der Waals surface area contributed by atoms with Crippen molar-refractivity contribution in [2.45, 2.75) is 13.8 Å². The highest BCUT2D eigenvalue weighted by molar-refractivity contribution is 7.80. The molecule has 1 aromatic carbocycles. The third-order valence-electron chi connectivity index (χ3n) is 2.54. The SMILES string of the molecule is Cc1ccnc2c(C)cc(C(N)=S)cc12. The summed E-state index contributed by atoms with van der Waals surface area (Å²) in [6.45, 7) is 4.09. The summed E-state index contributed by atoms with van der Waals surface area (Å²) >= 11 is 4.99. The van der Waals surface area contributed by atoms with E-state index in [2.05, 4.69) is 11.9 Å². The molecule has 76 valence electrons. The fraction of sp³-hybridized carbons (Fsp3) is 0.167. The predicted octanol–water partition coefficient (Wildman–Crippen LogP) is 2.49. The summed E-state index contributed by atoms with van der Waals surface area (Å²) in [5.74, 6) is 0. The molecule has 2 N–H and O–H groups in total. The van der Waals surface area contributed by atoms with E-state index in [0.717, 1.165) is 22.0 Å². The van der Waals surface area contributed by atoms with Crippen molar-refractivity contribution in [3.05, 3.63) is 41.1 Å². The minimum atomic E-state index is 0.434. The lowest BCUT2D eigenvalue weighted by molar-refractivity contribution is 1.33. The summed E-state index contributed by atoms with van der Waals surface area (Å²) in [7, 11) is 0. The molecule has 2 nitrogen and oxygen atoms in total. The smallest absolute Gasteiger partial charge is 0.104 e. The van der Waals surface area contributed by atoms with E-state index in [4.69, 9.17) is 18.0 Å². The quantitative estimate of drug-likeness (QED) is 0.744. The largest absolute Gasteiger partial charge is 0.389 e. The van der Waals surface area contributed by atoms with Crippen LogP contribution in [0.4, 0.5) is 0 Å². The zero-order chi connectivity index (χ0) is 11.0.